The monoisotopic (exact) mass is 334 g/mol. The molecular weight excluding hydrogens is 299 g/mol. The molecule has 0 aliphatic carbocycles. The summed E-state index contributed by atoms with van der Waals surface area (Å²) in [5, 5.41) is 17.7. The third-order valence-corrected chi connectivity index (χ3v) is 6.87. The number of rotatable bonds is 16. The Kier molecular flexibility index (Phi) is 16.9. The SMILES string of the molecule is C=CCP(CCCCCCCCCCCC)CCC(C#N)C#N. The molecule has 0 rings (SSSR count). The van der Waals surface area contributed by atoms with Crippen molar-refractivity contribution in [2.45, 2.75) is 77.6 Å². The summed E-state index contributed by atoms with van der Waals surface area (Å²) >= 11 is 0. The van der Waals surface area contributed by atoms with E-state index < -0.39 is 5.92 Å². The van der Waals surface area contributed by atoms with E-state index in [1.165, 1.54) is 70.4 Å². The summed E-state index contributed by atoms with van der Waals surface area (Å²) in [6, 6.07) is 4.16. The molecule has 0 aromatic carbocycles. The maximum absolute atomic E-state index is 8.85. The van der Waals surface area contributed by atoms with Crippen molar-refractivity contribution in [1.29, 1.82) is 10.5 Å². The van der Waals surface area contributed by atoms with E-state index in [2.05, 4.69) is 25.6 Å². The highest BCUT2D eigenvalue weighted by Crippen LogP contribution is 2.38. The third-order valence-electron chi connectivity index (χ3n) is 4.26. The lowest BCUT2D eigenvalue weighted by Crippen LogP contribution is -2.00. The second-order valence-corrected chi connectivity index (χ2v) is 8.97. The van der Waals surface area contributed by atoms with Gasteiger partial charge < -0.3 is 0 Å². The van der Waals surface area contributed by atoms with Gasteiger partial charge >= 0.3 is 0 Å². The molecule has 0 aromatic heterocycles. The molecule has 0 N–H and O–H groups in total. The van der Waals surface area contributed by atoms with Gasteiger partial charge in [-0.25, -0.2) is 0 Å². The predicted octanol–water partition coefficient (Wildman–Crippen LogP) is 6.63. The molecule has 130 valence electrons. The molecule has 0 amide bonds. The quantitative estimate of drug-likeness (QED) is 0.181. The lowest BCUT2D eigenvalue weighted by Gasteiger charge is -2.16. The molecule has 23 heavy (non-hydrogen) atoms. The van der Waals surface area contributed by atoms with Crippen LogP contribution in [-0.2, 0) is 0 Å². The molecule has 0 aromatic rings. The summed E-state index contributed by atoms with van der Waals surface area (Å²) in [6.45, 7) is 6.12. The Hall–Kier alpha value is -0.850. The van der Waals surface area contributed by atoms with Crippen LogP contribution >= 0.6 is 7.92 Å². The van der Waals surface area contributed by atoms with Gasteiger partial charge in [-0.1, -0.05) is 70.8 Å². The van der Waals surface area contributed by atoms with E-state index in [-0.39, 0.29) is 7.92 Å². The Morgan fingerprint density at radius 1 is 0.870 bits per heavy atom. The third kappa shape index (κ3) is 14.5. The minimum absolute atomic E-state index is 0.0595. The van der Waals surface area contributed by atoms with E-state index in [0.717, 1.165) is 18.7 Å². The van der Waals surface area contributed by atoms with Gasteiger partial charge in [0.2, 0.25) is 0 Å². The van der Waals surface area contributed by atoms with Crippen LogP contribution in [0.1, 0.15) is 77.6 Å². The van der Waals surface area contributed by atoms with Crippen molar-refractivity contribution >= 4 is 7.92 Å². The standard InChI is InChI=1S/C20H35N2P/c1-3-5-6-7-8-9-10-11-12-13-16-23(15-4-2)17-14-20(18-21)19-22/h4,20H,2-3,5-17H2,1H3. The molecule has 1 unspecified atom stereocenters. The number of unbranched alkanes of at least 4 members (excludes halogenated alkanes) is 9. The molecule has 0 aliphatic rings. The molecule has 0 spiro atoms. The van der Waals surface area contributed by atoms with E-state index in [1.807, 2.05) is 6.08 Å². The Morgan fingerprint density at radius 2 is 1.39 bits per heavy atom. The molecular formula is C20H35N2P. The summed E-state index contributed by atoms with van der Waals surface area (Å²) in [5.74, 6) is -0.419. The van der Waals surface area contributed by atoms with Gasteiger partial charge in [-0.15, -0.1) is 14.5 Å². The first kappa shape index (κ1) is 22.1. The van der Waals surface area contributed by atoms with Gasteiger partial charge in [0.25, 0.3) is 0 Å². The largest absolute Gasteiger partial charge is 0.197 e. The summed E-state index contributed by atoms with van der Waals surface area (Å²) in [7, 11) is -0.0595. The fraction of sp³-hybridized carbons (Fsp3) is 0.800. The molecule has 0 heterocycles. The Labute approximate surface area is 145 Å². The summed E-state index contributed by atoms with van der Waals surface area (Å²) in [5.41, 5.74) is 0. The fourth-order valence-electron chi connectivity index (χ4n) is 2.77. The molecule has 0 aliphatic heterocycles. The van der Waals surface area contributed by atoms with Crippen LogP contribution in [0.25, 0.3) is 0 Å². The van der Waals surface area contributed by atoms with E-state index in [0.29, 0.717) is 0 Å². The van der Waals surface area contributed by atoms with Gasteiger partial charge in [-0.2, -0.15) is 10.5 Å². The molecule has 0 bridgehead atoms. The van der Waals surface area contributed by atoms with Gasteiger partial charge in [0.05, 0.1) is 12.1 Å². The average Bonchev–Trinajstić information content (AvgIpc) is 2.57. The first-order valence-corrected chi connectivity index (χ1v) is 11.3. The van der Waals surface area contributed by atoms with Crippen molar-refractivity contribution in [2.24, 2.45) is 5.92 Å². The number of nitriles is 2. The van der Waals surface area contributed by atoms with Gasteiger partial charge in [0.1, 0.15) is 5.92 Å². The highest BCUT2D eigenvalue weighted by atomic mass is 31.1. The Morgan fingerprint density at radius 3 is 1.87 bits per heavy atom. The maximum Gasteiger partial charge on any atom is 0.133 e. The lowest BCUT2D eigenvalue weighted by molar-refractivity contribution is 0.562. The first-order valence-electron chi connectivity index (χ1n) is 9.41. The van der Waals surface area contributed by atoms with Gasteiger partial charge in [0, 0.05) is 0 Å². The smallest absolute Gasteiger partial charge is 0.133 e. The van der Waals surface area contributed by atoms with Crippen molar-refractivity contribution in [2.75, 3.05) is 18.5 Å². The van der Waals surface area contributed by atoms with E-state index in [4.69, 9.17) is 10.5 Å². The zero-order valence-electron chi connectivity index (χ0n) is 15.1. The van der Waals surface area contributed by atoms with E-state index >= 15 is 0 Å². The van der Waals surface area contributed by atoms with Crippen molar-refractivity contribution in [3.05, 3.63) is 12.7 Å². The summed E-state index contributed by atoms with van der Waals surface area (Å²) < 4.78 is 0. The predicted molar refractivity (Wildman–Crippen MR) is 103 cm³/mol. The summed E-state index contributed by atoms with van der Waals surface area (Å²) in [6.07, 6.45) is 19.9. The second kappa shape index (κ2) is 17.5. The van der Waals surface area contributed by atoms with Crippen LogP contribution in [0.2, 0.25) is 0 Å². The average molecular weight is 334 g/mol. The molecule has 0 saturated carbocycles. The van der Waals surface area contributed by atoms with Crippen molar-refractivity contribution in [3.63, 3.8) is 0 Å². The molecule has 0 fully saturated rings. The minimum atomic E-state index is -0.419. The number of hydrogen-bond acceptors (Lipinski definition) is 2. The van der Waals surface area contributed by atoms with Crippen molar-refractivity contribution in [1.82, 2.24) is 0 Å². The van der Waals surface area contributed by atoms with Crippen molar-refractivity contribution in [3.8, 4) is 12.1 Å². The molecule has 3 heteroatoms. The highest BCUT2D eigenvalue weighted by Gasteiger charge is 2.11. The number of hydrogen-bond donors (Lipinski definition) is 0. The normalized spacial score (nSPS) is 11.8. The van der Waals surface area contributed by atoms with Crippen LogP contribution < -0.4 is 0 Å². The molecule has 2 nitrogen and oxygen atoms in total. The van der Waals surface area contributed by atoms with Gasteiger partial charge in [-0.05, 0) is 31.3 Å². The number of nitrogens with zero attached hydrogens (tertiary/aromatic N) is 2. The fourth-order valence-corrected chi connectivity index (χ4v) is 5.02. The minimum Gasteiger partial charge on any atom is -0.197 e. The molecule has 0 saturated heterocycles. The topological polar surface area (TPSA) is 47.6 Å². The Balaban J connectivity index is 3.59. The van der Waals surface area contributed by atoms with Crippen LogP contribution in [0.3, 0.4) is 0 Å². The highest BCUT2D eigenvalue weighted by molar-refractivity contribution is 7.57. The van der Waals surface area contributed by atoms with Gasteiger partial charge in [0.15, 0.2) is 0 Å². The van der Waals surface area contributed by atoms with E-state index in [9.17, 15) is 0 Å². The van der Waals surface area contributed by atoms with Crippen LogP contribution in [0, 0.1) is 28.6 Å². The Bertz CT molecular complexity index is 340. The van der Waals surface area contributed by atoms with Gasteiger partial charge in [-0.3, -0.25) is 0 Å². The molecule has 0 radical (unpaired) electrons. The second-order valence-electron chi connectivity index (χ2n) is 6.37. The van der Waals surface area contributed by atoms with Crippen LogP contribution in [-0.4, -0.2) is 18.5 Å². The lowest BCUT2D eigenvalue weighted by atomic mass is 10.1. The van der Waals surface area contributed by atoms with Crippen molar-refractivity contribution < 1.29 is 0 Å². The zero-order chi connectivity index (χ0) is 17.2. The maximum atomic E-state index is 8.85. The number of allylic oxidation sites excluding steroid dienone is 1. The molecule has 1 atom stereocenters. The van der Waals surface area contributed by atoms with Crippen LogP contribution in [0.15, 0.2) is 12.7 Å². The van der Waals surface area contributed by atoms with Crippen LogP contribution in [0.4, 0.5) is 0 Å². The van der Waals surface area contributed by atoms with E-state index in [1.54, 1.807) is 0 Å². The first-order chi connectivity index (χ1) is 11.3. The van der Waals surface area contributed by atoms with Crippen LogP contribution in [0.5, 0.6) is 0 Å². The zero-order valence-corrected chi connectivity index (χ0v) is 16.0. The summed E-state index contributed by atoms with van der Waals surface area (Å²) in [4.78, 5) is 0.